The van der Waals surface area contributed by atoms with Gasteiger partial charge in [-0.2, -0.15) is 0 Å². The Balaban J connectivity index is 1.70. The lowest BCUT2D eigenvalue weighted by Crippen LogP contribution is -2.41. The number of benzene rings is 1. The monoisotopic (exact) mass is 333 g/mol. The first-order valence-electron chi connectivity index (χ1n) is 7.87. The van der Waals surface area contributed by atoms with Gasteiger partial charge < -0.3 is 14.4 Å². The first kappa shape index (κ1) is 15.9. The molecule has 1 unspecified atom stereocenters. The van der Waals surface area contributed by atoms with Crippen molar-refractivity contribution < 1.29 is 9.47 Å². The summed E-state index contributed by atoms with van der Waals surface area (Å²) in [5.74, 6) is 2.37. The zero-order valence-corrected chi connectivity index (χ0v) is 13.9. The number of para-hydroxylation sites is 2. The van der Waals surface area contributed by atoms with E-state index in [9.17, 15) is 0 Å². The van der Waals surface area contributed by atoms with Crippen LogP contribution in [0.5, 0.6) is 11.5 Å². The molecular weight excluding hydrogens is 314 g/mol. The van der Waals surface area contributed by atoms with Crippen molar-refractivity contribution in [2.45, 2.75) is 25.9 Å². The molecule has 0 spiro atoms. The van der Waals surface area contributed by atoms with Crippen molar-refractivity contribution in [1.82, 2.24) is 9.97 Å². The molecule has 1 aromatic carbocycles. The van der Waals surface area contributed by atoms with Crippen LogP contribution in [0.1, 0.15) is 19.8 Å². The number of ether oxygens (including phenoxy) is 2. The number of aromatic nitrogens is 2. The maximum Gasteiger partial charge on any atom is 0.161 e. The van der Waals surface area contributed by atoms with Crippen molar-refractivity contribution in [2.75, 3.05) is 24.6 Å². The van der Waals surface area contributed by atoms with E-state index < -0.39 is 0 Å². The molecule has 1 aliphatic rings. The Morgan fingerprint density at radius 3 is 2.87 bits per heavy atom. The van der Waals surface area contributed by atoms with E-state index in [1.165, 1.54) is 0 Å². The summed E-state index contributed by atoms with van der Waals surface area (Å²) >= 11 is 5.94. The highest BCUT2D eigenvalue weighted by Crippen LogP contribution is 2.29. The third kappa shape index (κ3) is 4.05. The molecule has 0 N–H and O–H groups in total. The predicted octanol–water partition coefficient (Wildman–Crippen LogP) is 3.58. The summed E-state index contributed by atoms with van der Waals surface area (Å²) in [5.41, 5.74) is 0. The SMILES string of the molecule is CCOc1ccccc1OC1CCCN(c2cncc(Cl)n2)C1. The molecule has 1 fully saturated rings. The second kappa shape index (κ2) is 7.51. The van der Waals surface area contributed by atoms with Gasteiger partial charge in [0, 0.05) is 6.54 Å². The molecule has 0 aliphatic carbocycles. The van der Waals surface area contributed by atoms with E-state index in [4.69, 9.17) is 21.1 Å². The topological polar surface area (TPSA) is 47.5 Å². The normalized spacial score (nSPS) is 17.8. The highest BCUT2D eigenvalue weighted by molar-refractivity contribution is 6.29. The Hall–Kier alpha value is -2.01. The second-order valence-electron chi connectivity index (χ2n) is 5.41. The van der Waals surface area contributed by atoms with Crippen LogP contribution in [0, 0.1) is 0 Å². The molecule has 5 nitrogen and oxygen atoms in total. The van der Waals surface area contributed by atoms with Gasteiger partial charge in [-0.25, -0.2) is 4.98 Å². The van der Waals surface area contributed by atoms with Gasteiger partial charge in [0.05, 0.1) is 25.5 Å². The number of halogens is 1. The average Bonchev–Trinajstić information content (AvgIpc) is 2.57. The van der Waals surface area contributed by atoms with Gasteiger partial charge in [0.1, 0.15) is 17.1 Å². The molecule has 6 heteroatoms. The quantitative estimate of drug-likeness (QED) is 0.837. The van der Waals surface area contributed by atoms with Gasteiger partial charge in [0.15, 0.2) is 11.5 Å². The average molecular weight is 334 g/mol. The van der Waals surface area contributed by atoms with Crippen molar-refractivity contribution in [1.29, 1.82) is 0 Å². The standard InChI is InChI=1S/C17H20ClN3O2/c1-2-22-14-7-3-4-8-15(14)23-13-6-5-9-21(12-13)17-11-19-10-16(18)20-17/h3-4,7-8,10-11,13H,2,5-6,9,12H2,1H3. The minimum absolute atomic E-state index is 0.0890. The van der Waals surface area contributed by atoms with Crippen molar-refractivity contribution in [3.8, 4) is 11.5 Å². The number of nitrogens with zero attached hydrogens (tertiary/aromatic N) is 3. The number of anilines is 1. The molecule has 1 aromatic heterocycles. The van der Waals surface area contributed by atoms with E-state index in [0.29, 0.717) is 11.8 Å². The summed E-state index contributed by atoms with van der Waals surface area (Å²) in [6, 6.07) is 7.79. The smallest absolute Gasteiger partial charge is 0.161 e. The summed E-state index contributed by atoms with van der Waals surface area (Å²) in [4.78, 5) is 10.6. The Bertz CT molecular complexity index is 653. The number of hydrogen-bond donors (Lipinski definition) is 0. The minimum atomic E-state index is 0.0890. The molecule has 122 valence electrons. The molecule has 0 amide bonds. The van der Waals surface area contributed by atoms with E-state index in [1.807, 2.05) is 31.2 Å². The van der Waals surface area contributed by atoms with Crippen LogP contribution < -0.4 is 14.4 Å². The van der Waals surface area contributed by atoms with Crippen LogP contribution in [-0.2, 0) is 0 Å². The molecule has 0 bridgehead atoms. The Morgan fingerprint density at radius 2 is 2.09 bits per heavy atom. The van der Waals surface area contributed by atoms with E-state index in [-0.39, 0.29) is 6.10 Å². The summed E-state index contributed by atoms with van der Waals surface area (Å²) in [6.07, 6.45) is 5.41. The van der Waals surface area contributed by atoms with Gasteiger partial charge in [0.2, 0.25) is 0 Å². The summed E-state index contributed by atoms with van der Waals surface area (Å²) < 4.78 is 11.8. The predicted molar refractivity (Wildman–Crippen MR) is 90.5 cm³/mol. The zero-order valence-electron chi connectivity index (χ0n) is 13.1. The highest BCUT2D eigenvalue weighted by atomic mass is 35.5. The molecule has 0 saturated carbocycles. The van der Waals surface area contributed by atoms with Crippen LogP contribution in [0.4, 0.5) is 5.82 Å². The van der Waals surface area contributed by atoms with E-state index >= 15 is 0 Å². The van der Waals surface area contributed by atoms with Crippen LogP contribution >= 0.6 is 11.6 Å². The molecule has 3 rings (SSSR count). The van der Waals surface area contributed by atoms with Crippen LogP contribution in [0.3, 0.4) is 0 Å². The number of hydrogen-bond acceptors (Lipinski definition) is 5. The van der Waals surface area contributed by atoms with Crippen molar-refractivity contribution >= 4 is 17.4 Å². The Morgan fingerprint density at radius 1 is 1.26 bits per heavy atom. The summed E-state index contributed by atoms with van der Waals surface area (Å²) in [5, 5.41) is 0.409. The van der Waals surface area contributed by atoms with Crippen LogP contribution in [-0.4, -0.2) is 35.8 Å². The van der Waals surface area contributed by atoms with Gasteiger partial charge in [0.25, 0.3) is 0 Å². The first-order chi connectivity index (χ1) is 11.3. The fraction of sp³-hybridized carbons (Fsp3) is 0.412. The van der Waals surface area contributed by atoms with Crippen molar-refractivity contribution in [3.63, 3.8) is 0 Å². The van der Waals surface area contributed by atoms with Crippen LogP contribution in [0.25, 0.3) is 0 Å². The maximum atomic E-state index is 6.17. The second-order valence-corrected chi connectivity index (χ2v) is 5.80. The maximum absolute atomic E-state index is 6.17. The highest BCUT2D eigenvalue weighted by Gasteiger charge is 2.23. The van der Waals surface area contributed by atoms with Crippen LogP contribution in [0.15, 0.2) is 36.7 Å². The largest absolute Gasteiger partial charge is 0.490 e. The van der Waals surface area contributed by atoms with Crippen molar-refractivity contribution in [3.05, 3.63) is 41.8 Å². The molecule has 1 atom stereocenters. The third-order valence-corrected chi connectivity index (χ3v) is 3.92. The molecular formula is C17H20ClN3O2. The molecule has 1 saturated heterocycles. The molecule has 2 heterocycles. The van der Waals surface area contributed by atoms with Gasteiger partial charge in [-0.1, -0.05) is 23.7 Å². The molecule has 2 aromatic rings. The minimum Gasteiger partial charge on any atom is -0.490 e. The lowest BCUT2D eigenvalue weighted by molar-refractivity contribution is 0.170. The van der Waals surface area contributed by atoms with Crippen LogP contribution in [0.2, 0.25) is 5.15 Å². The number of rotatable bonds is 5. The van der Waals surface area contributed by atoms with Gasteiger partial charge in [-0.15, -0.1) is 0 Å². The van der Waals surface area contributed by atoms with Gasteiger partial charge in [-0.05, 0) is 31.9 Å². The summed E-state index contributed by atoms with van der Waals surface area (Å²) in [6.45, 7) is 4.28. The van der Waals surface area contributed by atoms with Gasteiger partial charge in [-0.3, -0.25) is 4.98 Å². The zero-order chi connectivity index (χ0) is 16.1. The lowest BCUT2D eigenvalue weighted by Gasteiger charge is -2.33. The lowest BCUT2D eigenvalue weighted by atomic mass is 10.1. The fourth-order valence-corrected chi connectivity index (χ4v) is 2.87. The van der Waals surface area contributed by atoms with E-state index in [1.54, 1.807) is 12.4 Å². The number of piperidine rings is 1. The fourth-order valence-electron chi connectivity index (χ4n) is 2.73. The molecule has 23 heavy (non-hydrogen) atoms. The Kier molecular flexibility index (Phi) is 5.18. The van der Waals surface area contributed by atoms with E-state index in [2.05, 4.69) is 14.9 Å². The summed E-state index contributed by atoms with van der Waals surface area (Å²) in [7, 11) is 0. The Labute approximate surface area is 141 Å². The third-order valence-electron chi connectivity index (χ3n) is 3.74. The van der Waals surface area contributed by atoms with Gasteiger partial charge >= 0.3 is 0 Å². The molecule has 1 aliphatic heterocycles. The van der Waals surface area contributed by atoms with E-state index in [0.717, 1.165) is 43.2 Å². The first-order valence-corrected chi connectivity index (χ1v) is 8.25. The van der Waals surface area contributed by atoms with Crippen molar-refractivity contribution in [2.24, 2.45) is 0 Å². The molecule has 0 radical (unpaired) electrons.